The summed E-state index contributed by atoms with van der Waals surface area (Å²) in [7, 11) is 0. The SMILES string of the molecule is CCCC[C@H](C)[C@@H](CC)c1cccc(O)c1. The van der Waals surface area contributed by atoms with Gasteiger partial charge in [-0.25, -0.2) is 0 Å². The Morgan fingerprint density at radius 2 is 2.00 bits per heavy atom. The van der Waals surface area contributed by atoms with Gasteiger partial charge >= 0.3 is 0 Å². The van der Waals surface area contributed by atoms with Gasteiger partial charge in [0.2, 0.25) is 0 Å². The maximum atomic E-state index is 9.52. The van der Waals surface area contributed by atoms with Gasteiger partial charge in [0.25, 0.3) is 0 Å². The molecule has 0 heterocycles. The highest BCUT2D eigenvalue weighted by atomic mass is 16.3. The van der Waals surface area contributed by atoms with E-state index in [9.17, 15) is 5.11 Å². The fourth-order valence-corrected chi connectivity index (χ4v) is 2.45. The highest BCUT2D eigenvalue weighted by Gasteiger charge is 2.17. The number of benzene rings is 1. The molecule has 0 fully saturated rings. The first-order chi connectivity index (χ1) is 7.69. The summed E-state index contributed by atoms with van der Waals surface area (Å²) in [5.74, 6) is 1.67. The summed E-state index contributed by atoms with van der Waals surface area (Å²) in [4.78, 5) is 0. The van der Waals surface area contributed by atoms with Crippen LogP contribution in [0.4, 0.5) is 0 Å². The first-order valence-electron chi connectivity index (χ1n) is 6.48. The van der Waals surface area contributed by atoms with Gasteiger partial charge in [0.05, 0.1) is 0 Å². The van der Waals surface area contributed by atoms with Crippen LogP contribution in [0, 0.1) is 5.92 Å². The van der Waals surface area contributed by atoms with Crippen molar-refractivity contribution in [3.63, 3.8) is 0 Å². The molecule has 0 aliphatic heterocycles. The zero-order chi connectivity index (χ0) is 12.0. The average Bonchev–Trinajstić information content (AvgIpc) is 2.27. The molecule has 0 saturated heterocycles. The van der Waals surface area contributed by atoms with Gasteiger partial charge < -0.3 is 5.11 Å². The molecular formula is C15H24O. The number of rotatable bonds is 6. The summed E-state index contributed by atoms with van der Waals surface area (Å²) in [5, 5.41) is 9.52. The molecule has 0 spiro atoms. The molecule has 1 N–H and O–H groups in total. The van der Waals surface area contributed by atoms with E-state index in [1.807, 2.05) is 12.1 Å². The second kappa shape index (κ2) is 6.57. The van der Waals surface area contributed by atoms with Crippen LogP contribution in [0.25, 0.3) is 0 Å². The Labute approximate surface area is 99.5 Å². The van der Waals surface area contributed by atoms with Crippen LogP contribution >= 0.6 is 0 Å². The van der Waals surface area contributed by atoms with Crippen LogP contribution in [0.2, 0.25) is 0 Å². The van der Waals surface area contributed by atoms with Gasteiger partial charge in [-0.05, 0) is 36.0 Å². The van der Waals surface area contributed by atoms with Crippen molar-refractivity contribution < 1.29 is 5.11 Å². The summed E-state index contributed by atoms with van der Waals surface area (Å²) >= 11 is 0. The van der Waals surface area contributed by atoms with Crippen LogP contribution in [0.3, 0.4) is 0 Å². The molecule has 0 saturated carbocycles. The van der Waals surface area contributed by atoms with Crippen molar-refractivity contribution in [2.75, 3.05) is 0 Å². The molecule has 0 aromatic heterocycles. The average molecular weight is 220 g/mol. The molecule has 0 radical (unpaired) electrons. The Morgan fingerprint density at radius 1 is 1.25 bits per heavy atom. The number of unbranched alkanes of at least 4 members (excludes halogenated alkanes) is 1. The fraction of sp³-hybridized carbons (Fsp3) is 0.600. The monoisotopic (exact) mass is 220 g/mol. The van der Waals surface area contributed by atoms with Gasteiger partial charge in [-0.15, -0.1) is 0 Å². The van der Waals surface area contributed by atoms with E-state index >= 15 is 0 Å². The van der Waals surface area contributed by atoms with E-state index in [-0.39, 0.29) is 0 Å². The van der Waals surface area contributed by atoms with Crippen molar-refractivity contribution in [3.05, 3.63) is 29.8 Å². The van der Waals surface area contributed by atoms with Crippen molar-refractivity contribution in [1.29, 1.82) is 0 Å². The van der Waals surface area contributed by atoms with Crippen molar-refractivity contribution in [3.8, 4) is 5.75 Å². The molecule has 1 aromatic carbocycles. The van der Waals surface area contributed by atoms with E-state index in [2.05, 4.69) is 26.8 Å². The van der Waals surface area contributed by atoms with Crippen LogP contribution < -0.4 is 0 Å². The lowest BCUT2D eigenvalue weighted by molar-refractivity contribution is 0.403. The molecule has 90 valence electrons. The zero-order valence-electron chi connectivity index (χ0n) is 10.7. The molecule has 1 rings (SSSR count). The lowest BCUT2D eigenvalue weighted by Crippen LogP contribution is -2.09. The van der Waals surface area contributed by atoms with Gasteiger partial charge in [-0.2, -0.15) is 0 Å². The van der Waals surface area contributed by atoms with Gasteiger partial charge in [0, 0.05) is 0 Å². The quantitative estimate of drug-likeness (QED) is 0.736. The zero-order valence-corrected chi connectivity index (χ0v) is 10.7. The van der Waals surface area contributed by atoms with Crippen LogP contribution in [0.5, 0.6) is 5.75 Å². The number of hydrogen-bond donors (Lipinski definition) is 1. The third-order valence-electron chi connectivity index (χ3n) is 3.44. The summed E-state index contributed by atoms with van der Waals surface area (Å²) in [6, 6.07) is 7.74. The third-order valence-corrected chi connectivity index (χ3v) is 3.44. The topological polar surface area (TPSA) is 20.2 Å². The minimum Gasteiger partial charge on any atom is -0.508 e. The molecule has 1 nitrogen and oxygen atoms in total. The predicted molar refractivity (Wildman–Crippen MR) is 69.8 cm³/mol. The van der Waals surface area contributed by atoms with E-state index in [0.717, 1.165) is 6.42 Å². The minimum absolute atomic E-state index is 0.388. The Balaban J connectivity index is 2.73. The lowest BCUT2D eigenvalue weighted by atomic mass is 9.82. The summed E-state index contributed by atoms with van der Waals surface area (Å²) < 4.78 is 0. The maximum Gasteiger partial charge on any atom is 0.115 e. The fourth-order valence-electron chi connectivity index (χ4n) is 2.45. The van der Waals surface area contributed by atoms with Gasteiger partial charge in [-0.1, -0.05) is 52.2 Å². The van der Waals surface area contributed by atoms with Crippen LogP contribution in [-0.4, -0.2) is 5.11 Å². The number of phenols is 1. The Bertz CT molecular complexity index is 306. The summed E-state index contributed by atoms with van der Waals surface area (Å²) in [6.07, 6.45) is 5.00. The van der Waals surface area contributed by atoms with Gasteiger partial charge in [0.15, 0.2) is 0 Å². The first-order valence-corrected chi connectivity index (χ1v) is 6.48. The molecule has 0 bridgehead atoms. The first kappa shape index (κ1) is 13.1. The highest BCUT2D eigenvalue weighted by Crippen LogP contribution is 2.32. The molecule has 2 atom stereocenters. The second-order valence-electron chi connectivity index (χ2n) is 4.73. The van der Waals surface area contributed by atoms with Gasteiger partial charge in [0.1, 0.15) is 5.75 Å². The number of hydrogen-bond acceptors (Lipinski definition) is 1. The molecule has 0 aliphatic rings. The Morgan fingerprint density at radius 3 is 2.56 bits per heavy atom. The smallest absolute Gasteiger partial charge is 0.115 e. The second-order valence-corrected chi connectivity index (χ2v) is 4.73. The normalized spacial score (nSPS) is 14.7. The largest absolute Gasteiger partial charge is 0.508 e. The van der Waals surface area contributed by atoms with E-state index < -0.39 is 0 Å². The molecule has 16 heavy (non-hydrogen) atoms. The van der Waals surface area contributed by atoms with Gasteiger partial charge in [-0.3, -0.25) is 0 Å². The van der Waals surface area contributed by atoms with Crippen molar-refractivity contribution in [2.24, 2.45) is 5.92 Å². The van der Waals surface area contributed by atoms with Crippen LogP contribution in [-0.2, 0) is 0 Å². The molecule has 1 heteroatoms. The van der Waals surface area contributed by atoms with Crippen molar-refractivity contribution in [2.45, 2.75) is 52.4 Å². The number of aromatic hydroxyl groups is 1. The minimum atomic E-state index is 0.388. The highest BCUT2D eigenvalue weighted by molar-refractivity contribution is 5.30. The van der Waals surface area contributed by atoms with Crippen LogP contribution in [0.1, 0.15) is 57.9 Å². The lowest BCUT2D eigenvalue weighted by Gasteiger charge is -2.23. The van der Waals surface area contributed by atoms with E-state index in [1.165, 1.54) is 24.8 Å². The van der Waals surface area contributed by atoms with Crippen molar-refractivity contribution in [1.82, 2.24) is 0 Å². The van der Waals surface area contributed by atoms with E-state index in [0.29, 0.717) is 17.6 Å². The molecule has 0 unspecified atom stereocenters. The predicted octanol–water partition coefficient (Wildman–Crippen LogP) is 4.71. The standard InChI is InChI=1S/C15H24O/c1-4-6-8-12(3)15(5-2)13-9-7-10-14(16)11-13/h7,9-12,15-16H,4-6,8H2,1-3H3/t12-,15+/m0/s1. The van der Waals surface area contributed by atoms with Crippen LogP contribution in [0.15, 0.2) is 24.3 Å². The number of phenolic OH excluding ortho intramolecular Hbond substituents is 1. The molecule has 0 aliphatic carbocycles. The Hall–Kier alpha value is -0.980. The maximum absolute atomic E-state index is 9.52. The Kier molecular flexibility index (Phi) is 5.37. The summed E-state index contributed by atoms with van der Waals surface area (Å²) in [6.45, 7) is 6.80. The molecule has 0 amide bonds. The van der Waals surface area contributed by atoms with E-state index in [4.69, 9.17) is 0 Å². The van der Waals surface area contributed by atoms with Crippen molar-refractivity contribution >= 4 is 0 Å². The molecular weight excluding hydrogens is 196 g/mol. The third kappa shape index (κ3) is 3.55. The molecule has 1 aromatic rings. The summed E-state index contributed by atoms with van der Waals surface area (Å²) in [5.41, 5.74) is 1.28. The van der Waals surface area contributed by atoms with E-state index in [1.54, 1.807) is 6.07 Å².